The highest BCUT2D eigenvalue weighted by Gasteiger charge is 2.39. The van der Waals surface area contributed by atoms with Gasteiger partial charge in [-0.05, 0) is 56.4 Å². The van der Waals surface area contributed by atoms with Crippen LogP contribution in [0.1, 0.15) is 70.3 Å². The Balaban J connectivity index is 1.70. The minimum atomic E-state index is -0.593. The first-order valence-corrected chi connectivity index (χ1v) is 12.6. The molecule has 0 bridgehead atoms. The molecule has 0 aliphatic heterocycles. The Morgan fingerprint density at radius 1 is 1.12 bits per heavy atom. The molecule has 1 fully saturated rings. The van der Waals surface area contributed by atoms with E-state index in [0.29, 0.717) is 32.3 Å². The summed E-state index contributed by atoms with van der Waals surface area (Å²) in [5.74, 6) is -0.372. The van der Waals surface area contributed by atoms with Crippen molar-refractivity contribution in [3.8, 4) is 0 Å². The summed E-state index contributed by atoms with van der Waals surface area (Å²) >= 11 is 0. The van der Waals surface area contributed by atoms with Gasteiger partial charge in [-0.1, -0.05) is 68.0 Å². The average Bonchev–Trinajstić information content (AvgIpc) is 3.07. The van der Waals surface area contributed by atoms with Gasteiger partial charge in [-0.3, -0.25) is 4.79 Å². The summed E-state index contributed by atoms with van der Waals surface area (Å²) in [7, 11) is 0. The third-order valence-electron chi connectivity index (χ3n) is 6.37. The lowest BCUT2D eigenvalue weighted by atomic mass is 9.89. The molecule has 1 unspecified atom stereocenters. The highest BCUT2D eigenvalue weighted by atomic mass is 16.5. The van der Waals surface area contributed by atoms with E-state index in [9.17, 15) is 20.1 Å². The molecule has 5 atom stereocenters. The largest absolute Gasteiger partial charge is 0.466 e. The highest BCUT2D eigenvalue weighted by Crippen LogP contribution is 2.36. The molecule has 1 aliphatic carbocycles. The Morgan fingerprint density at radius 2 is 1.91 bits per heavy atom. The lowest BCUT2D eigenvalue weighted by Gasteiger charge is -2.19. The monoisotopic (exact) mass is 458 g/mol. The summed E-state index contributed by atoms with van der Waals surface area (Å²) in [6, 6.07) is 10.2. The van der Waals surface area contributed by atoms with Crippen molar-refractivity contribution in [2.75, 3.05) is 6.61 Å². The molecule has 1 saturated carbocycles. The molecule has 0 spiro atoms. The first kappa shape index (κ1) is 27.3. The lowest BCUT2D eigenvalue weighted by Crippen LogP contribution is -2.20. The Labute approximate surface area is 199 Å². The maximum absolute atomic E-state index is 11.6. The minimum absolute atomic E-state index is 0.0666. The third kappa shape index (κ3) is 10.7. The second-order valence-corrected chi connectivity index (χ2v) is 9.12. The number of allylic oxidation sites excluding steroid dienone is 2. The summed E-state index contributed by atoms with van der Waals surface area (Å²) in [6.07, 6.45) is 13.4. The van der Waals surface area contributed by atoms with Crippen molar-refractivity contribution in [1.29, 1.82) is 0 Å². The molecule has 0 amide bonds. The molecule has 5 nitrogen and oxygen atoms in total. The van der Waals surface area contributed by atoms with Gasteiger partial charge in [-0.2, -0.15) is 0 Å². The van der Waals surface area contributed by atoms with Crippen molar-refractivity contribution in [2.24, 2.45) is 11.8 Å². The van der Waals surface area contributed by atoms with E-state index in [4.69, 9.17) is 4.74 Å². The van der Waals surface area contributed by atoms with Crippen LogP contribution < -0.4 is 0 Å². The first-order chi connectivity index (χ1) is 16.0. The van der Waals surface area contributed by atoms with Gasteiger partial charge in [0.15, 0.2) is 0 Å². The van der Waals surface area contributed by atoms with E-state index in [1.54, 1.807) is 6.08 Å². The van der Waals surface area contributed by atoms with Crippen molar-refractivity contribution in [2.45, 2.75) is 89.4 Å². The van der Waals surface area contributed by atoms with Crippen LogP contribution in [-0.2, 0) is 16.0 Å². The molecular formula is C28H42O5. The maximum Gasteiger partial charge on any atom is 0.305 e. The quantitative estimate of drug-likeness (QED) is 0.201. The summed E-state index contributed by atoms with van der Waals surface area (Å²) < 4.78 is 5.15. The van der Waals surface area contributed by atoms with E-state index in [-0.39, 0.29) is 17.8 Å². The molecule has 0 radical (unpaired) electrons. The van der Waals surface area contributed by atoms with Crippen LogP contribution in [0.15, 0.2) is 54.6 Å². The molecule has 1 aliphatic rings. The molecule has 0 aromatic heterocycles. The van der Waals surface area contributed by atoms with Gasteiger partial charge in [0.2, 0.25) is 0 Å². The summed E-state index contributed by atoms with van der Waals surface area (Å²) in [5.41, 5.74) is 1.27. The van der Waals surface area contributed by atoms with E-state index in [1.165, 1.54) is 5.56 Å². The fourth-order valence-corrected chi connectivity index (χ4v) is 4.36. The highest BCUT2D eigenvalue weighted by molar-refractivity contribution is 5.69. The van der Waals surface area contributed by atoms with Gasteiger partial charge in [0.25, 0.3) is 0 Å². The predicted molar refractivity (Wildman–Crippen MR) is 132 cm³/mol. The maximum atomic E-state index is 11.6. The van der Waals surface area contributed by atoms with Crippen molar-refractivity contribution in [3.05, 3.63) is 60.2 Å². The molecular weight excluding hydrogens is 416 g/mol. The number of unbranched alkanes of at least 4 members (excludes halogenated alkanes) is 2. The van der Waals surface area contributed by atoms with E-state index in [1.807, 2.05) is 36.4 Å². The number of esters is 1. The number of aliphatic hydroxyl groups is 3. The number of carbonyl (C=O) groups is 1. The fourth-order valence-electron chi connectivity index (χ4n) is 4.36. The van der Waals surface area contributed by atoms with E-state index in [2.05, 4.69) is 19.1 Å². The van der Waals surface area contributed by atoms with Crippen molar-refractivity contribution < 1.29 is 24.9 Å². The molecule has 2 rings (SSSR count). The average molecular weight is 459 g/mol. The van der Waals surface area contributed by atoms with Crippen LogP contribution in [0.2, 0.25) is 0 Å². The summed E-state index contributed by atoms with van der Waals surface area (Å²) in [4.78, 5) is 11.6. The molecule has 0 saturated heterocycles. The lowest BCUT2D eigenvalue weighted by molar-refractivity contribution is -0.143. The van der Waals surface area contributed by atoms with Gasteiger partial charge in [0.1, 0.15) is 0 Å². The fraction of sp³-hybridized carbons (Fsp3) is 0.607. The SMILES string of the molecule is CCCCOC(=O)CCCC=CC[C@@H]1C(C=C[C@@H](O)CCCc2ccccc2)[C@H](O)C[C@@H]1O. The Morgan fingerprint density at radius 3 is 2.67 bits per heavy atom. The number of hydrogen-bond acceptors (Lipinski definition) is 5. The van der Waals surface area contributed by atoms with Crippen molar-refractivity contribution >= 4 is 5.97 Å². The van der Waals surface area contributed by atoms with Crippen molar-refractivity contribution in [3.63, 3.8) is 0 Å². The topological polar surface area (TPSA) is 87.0 Å². The molecule has 1 aromatic rings. The van der Waals surface area contributed by atoms with Crippen LogP contribution in [-0.4, -0.2) is 46.2 Å². The smallest absolute Gasteiger partial charge is 0.305 e. The number of hydrogen-bond donors (Lipinski definition) is 3. The van der Waals surface area contributed by atoms with Crippen LogP contribution in [0.5, 0.6) is 0 Å². The second-order valence-electron chi connectivity index (χ2n) is 9.12. The zero-order valence-corrected chi connectivity index (χ0v) is 20.0. The molecule has 5 heteroatoms. The number of aliphatic hydroxyl groups excluding tert-OH is 3. The molecule has 1 aromatic carbocycles. The van der Waals surface area contributed by atoms with Gasteiger partial charge < -0.3 is 20.1 Å². The van der Waals surface area contributed by atoms with Gasteiger partial charge in [0.05, 0.1) is 24.9 Å². The van der Waals surface area contributed by atoms with Crippen LogP contribution in [0.3, 0.4) is 0 Å². The zero-order chi connectivity index (χ0) is 23.9. The molecule has 184 valence electrons. The van der Waals surface area contributed by atoms with Gasteiger partial charge in [-0.25, -0.2) is 0 Å². The van der Waals surface area contributed by atoms with Gasteiger partial charge >= 0.3 is 5.97 Å². The van der Waals surface area contributed by atoms with Gasteiger partial charge in [0, 0.05) is 18.8 Å². The van der Waals surface area contributed by atoms with Crippen molar-refractivity contribution in [1.82, 2.24) is 0 Å². The van der Waals surface area contributed by atoms with E-state index in [0.717, 1.165) is 38.5 Å². The normalized spacial score (nSPS) is 24.0. The number of aryl methyl sites for hydroxylation is 1. The molecule has 3 N–H and O–H groups in total. The van der Waals surface area contributed by atoms with Crippen LogP contribution in [0.4, 0.5) is 0 Å². The number of rotatable bonds is 15. The van der Waals surface area contributed by atoms with Crippen LogP contribution in [0.25, 0.3) is 0 Å². The Bertz CT molecular complexity index is 714. The van der Waals surface area contributed by atoms with Crippen LogP contribution in [0, 0.1) is 11.8 Å². The number of carbonyl (C=O) groups excluding carboxylic acids is 1. The number of benzene rings is 1. The summed E-state index contributed by atoms with van der Waals surface area (Å²) in [6.45, 7) is 2.57. The van der Waals surface area contributed by atoms with E-state index < -0.39 is 18.3 Å². The van der Waals surface area contributed by atoms with E-state index >= 15 is 0 Å². The first-order valence-electron chi connectivity index (χ1n) is 12.6. The minimum Gasteiger partial charge on any atom is -0.466 e. The summed E-state index contributed by atoms with van der Waals surface area (Å²) in [5, 5.41) is 31.1. The zero-order valence-electron chi connectivity index (χ0n) is 20.0. The predicted octanol–water partition coefficient (Wildman–Crippen LogP) is 4.74. The van der Waals surface area contributed by atoms with Crippen LogP contribution >= 0.6 is 0 Å². The Hall–Kier alpha value is -1.95. The Kier molecular flexibility index (Phi) is 13.1. The second kappa shape index (κ2) is 15.8. The molecule has 0 heterocycles. The third-order valence-corrected chi connectivity index (χ3v) is 6.37. The van der Waals surface area contributed by atoms with Gasteiger partial charge in [-0.15, -0.1) is 0 Å². The molecule has 33 heavy (non-hydrogen) atoms. The standard InChI is InChI=1S/C28H42O5/c1-2-3-20-33-28(32)17-10-5-4-9-16-24-25(27(31)21-26(24)30)19-18-23(29)15-11-14-22-12-7-6-8-13-22/h4,6-9,12-13,18-19,23-27,29-31H,2-3,5,10-11,14-17,20-21H2,1H3/t23-,24+,25?,26-,27+/m0/s1. The number of ether oxygens (including phenoxy) is 1.